The molecule has 1 fully saturated rings. The van der Waals surface area contributed by atoms with Gasteiger partial charge in [-0.05, 0) is 19.2 Å². The van der Waals surface area contributed by atoms with Gasteiger partial charge in [0.15, 0.2) is 11.5 Å². The first-order chi connectivity index (χ1) is 12.4. The predicted octanol–water partition coefficient (Wildman–Crippen LogP) is 0.834. The summed E-state index contributed by atoms with van der Waals surface area (Å²) in [4.78, 5) is 6.37. The van der Waals surface area contributed by atoms with Crippen LogP contribution in [0.25, 0.3) is 5.65 Å². The van der Waals surface area contributed by atoms with Gasteiger partial charge in [0.25, 0.3) is 0 Å². The van der Waals surface area contributed by atoms with Crippen LogP contribution in [-0.2, 0) is 12.0 Å². The second-order valence-electron chi connectivity index (χ2n) is 7.90. The van der Waals surface area contributed by atoms with Crippen molar-refractivity contribution in [1.29, 1.82) is 0 Å². The fourth-order valence-corrected chi connectivity index (χ4v) is 3.13. The van der Waals surface area contributed by atoms with E-state index in [4.69, 9.17) is 5.10 Å². The lowest BCUT2D eigenvalue weighted by atomic mass is 9.96. The topological polar surface area (TPSA) is 80.3 Å². The highest BCUT2D eigenvalue weighted by molar-refractivity contribution is 5.48. The molecular weight excluding hydrogens is 330 g/mol. The van der Waals surface area contributed by atoms with Crippen LogP contribution in [0.1, 0.15) is 26.6 Å². The van der Waals surface area contributed by atoms with E-state index in [9.17, 15) is 0 Å². The minimum Gasteiger partial charge on any atom is -0.352 e. The second-order valence-corrected chi connectivity index (χ2v) is 7.90. The van der Waals surface area contributed by atoms with Crippen molar-refractivity contribution in [3.05, 3.63) is 30.4 Å². The van der Waals surface area contributed by atoms with Crippen LogP contribution >= 0.6 is 0 Å². The van der Waals surface area contributed by atoms with Gasteiger partial charge in [0.1, 0.15) is 5.82 Å². The zero-order valence-electron chi connectivity index (χ0n) is 15.7. The van der Waals surface area contributed by atoms with Crippen LogP contribution in [0.4, 0.5) is 5.82 Å². The summed E-state index contributed by atoms with van der Waals surface area (Å²) in [6, 6.07) is 4.54. The van der Waals surface area contributed by atoms with Crippen molar-refractivity contribution in [3.63, 3.8) is 0 Å². The molecule has 4 heterocycles. The number of aromatic nitrogens is 7. The third-order valence-electron chi connectivity index (χ3n) is 4.85. The maximum absolute atomic E-state index is 4.78. The molecule has 0 amide bonds. The normalized spacial score (nSPS) is 15.8. The maximum Gasteiger partial charge on any atom is 0.178 e. The van der Waals surface area contributed by atoms with Crippen LogP contribution < -0.4 is 4.90 Å². The van der Waals surface area contributed by atoms with Crippen LogP contribution in [0.15, 0.2) is 24.5 Å². The summed E-state index contributed by atoms with van der Waals surface area (Å²) < 4.78 is 1.87. The first-order valence-electron chi connectivity index (χ1n) is 8.94. The molecule has 9 nitrogen and oxygen atoms in total. The lowest BCUT2D eigenvalue weighted by Gasteiger charge is -2.44. The van der Waals surface area contributed by atoms with E-state index in [1.165, 1.54) is 0 Å². The molecule has 3 aromatic rings. The SMILES string of the molecule is CN(CCn1nccn1)C1CN(c2ccc3nnc(C(C)(C)C)n3n2)C1. The second kappa shape index (κ2) is 6.31. The lowest BCUT2D eigenvalue weighted by Crippen LogP contribution is -2.59. The van der Waals surface area contributed by atoms with E-state index in [1.54, 1.807) is 17.2 Å². The van der Waals surface area contributed by atoms with Crippen molar-refractivity contribution in [2.75, 3.05) is 31.6 Å². The van der Waals surface area contributed by atoms with Gasteiger partial charge in [0.2, 0.25) is 0 Å². The molecule has 0 unspecified atom stereocenters. The summed E-state index contributed by atoms with van der Waals surface area (Å²) in [7, 11) is 2.15. The molecule has 0 aromatic carbocycles. The quantitative estimate of drug-likeness (QED) is 0.671. The molecule has 3 aromatic heterocycles. The highest BCUT2D eigenvalue weighted by Gasteiger charge is 2.31. The number of hydrogen-bond donors (Lipinski definition) is 0. The highest BCUT2D eigenvalue weighted by Crippen LogP contribution is 2.24. The lowest BCUT2D eigenvalue weighted by molar-refractivity contribution is 0.192. The Morgan fingerprint density at radius 1 is 1.12 bits per heavy atom. The first-order valence-corrected chi connectivity index (χ1v) is 8.94. The third-order valence-corrected chi connectivity index (χ3v) is 4.85. The zero-order chi connectivity index (χ0) is 18.3. The van der Waals surface area contributed by atoms with E-state index < -0.39 is 0 Å². The Hall–Kier alpha value is -2.55. The van der Waals surface area contributed by atoms with E-state index in [-0.39, 0.29) is 5.41 Å². The summed E-state index contributed by atoms with van der Waals surface area (Å²) in [6.07, 6.45) is 3.42. The molecule has 0 atom stereocenters. The van der Waals surface area contributed by atoms with Gasteiger partial charge in [-0.25, -0.2) is 0 Å². The largest absolute Gasteiger partial charge is 0.352 e. The van der Waals surface area contributed by atoms with Crippen molar-refractivity contribution in [3.8, 4) is 0 Å². The van der Waals surface area contributed by atoms with Gasteiger partial charge in [0.05, 0.1) is 18.9 Å². The van der Waals surface area contributed by atoms with Gasteiger partial charge < -0.3 is 4.90 Å². The Morgan fingerprint density at radius 3 is 2.54 bits per heavy atom. The standard InChI is InChI=1S/C17H25N9/c1-17(2,3)16-21-20-14-5-6-15(22-26(14)16)24-11-13(12-24)23(4)9-10-25-18-7-8-19-25/h5-8,13H,9-12H2,1-4H3. The summed E-state index contributed by atoms with van der Waals surface area (Å²) in [5.74, 6) is 1.86. The molecule has 0 spiro atoms. The van der Waals surface area contributed by atoms with Crippen molar-refractivity contribution < 1.29 is 0 Å². The van der Waals surface area contributed by atoms with Gasteiger partial charge in [-0.15, -0.1) is 15.3 Å². The van der Waals surface area contributed by atoms with Crippen LogP contribution in [-0.4, -0.2) is 72.4 Å². The van der Waals surface area contributed by atoms with Crippen LogP contribution in [0.5, 0.6) is 0 Å². The summed E-state index contributed by atoms with van der Waals surface area (Å²) in [5, 5.41) is 21.6. The Bertz CT molecular complexity index is 871. The number of likely N-dealkylation sites (N-methyl/N-ethyl adjacent to an activating group) is 1. The molecule has 138 valence electrons. The fourth-order valence-electron chi connectivity index (χ4n) is 3.13. The molecule has 1 aliphatic heterocycles. The number of nitrogens with zero attached hydrogens (tertiary/aromatic N) is 9. The number of fused-ring (bicyclic) bond motifs is 1. The average molecular weight is 355 g/mol. The van der Waals surface area contributed by atoms with Crippen molar-refractivity contribution in [2.45, 2.75) is 38.8 Å². The zero-order valence-corrected chi connectivity index (χ0v) is 15.7. The van der Waals surface area contributed by atoms with Gasteiger partial charge in [-0.1, -0.05) is 20.8 Å². The van der Waals surface area contributed by atoms with Crippen LogP contribution in [0, 0.1) is 0 Å². The van der Waals surface area contributed by atoms with Crippen molar-refractivity contribution in [1.82, 2.24) is 39.7 Å². The van der Waals surface area contributed by atoms with Crippen LogP contribution in [0.3, 0.4) is 0 Å². The van der Waals surface area contributed by atoms with E-state index in [1.807, 2.05) is 16.6 Å². The van der Waals surface area contributed by atoms with E-state index >= 15 is 0 Å². The minimum absolute atomic E-state index is 0.0940. The molecule has 0 radical (unpaired) electrons. The minimum atomic E-state index is -0.0940. The van der Waals surface area contributed by atoms with Gasteiger partial charge in [0, 0.05) is 31.1 Å². The Kier molecular flexibility index (Phi) is 4.10. The van der Waals surface area contributed by atoms with E-state index in [0.29, 0.717) is 6.04 Å². The average Bonchev–Trinajstić information content (AvgIpc) is 3.20. The smallest absolute Gasteiger partial charge is 0.178 e. The molecule has 0 aliphatic carbocycles. The first kappa shape index (κ1) is 16.9. The summed E-state index contributed by atoms with van der Waals surface area (Å²) in [5.41, 5.74) is 0.697. The summed E-state index contributed by atoms with van der Waals surface area (Å²) in [6.45, 7) is 10.0. The fraction of sp³-hybridized carbons (Fsp3) is 0.588. The van der Waals surface area contributed by atoms with Gasteiger partial charge in [-0.2, -0.15) is 19.5 Å². The van der Waals surface area contributed by atoms with Crippen molar-refractivity contribution in [2.24, 2.45) is 0 Å². The monoisotopic (exact) mass is 355 g/mol. The number of hydrogen-bond acceptors (Lipinski definition) is 7. The van der Waals surface area contributed by atoms with Gasteiger partial charge >= 0.3 is 0 Å². The molecule has 0 N–H and O–H groups in total. The van der Waals surface area contributed by atoms with E-state index in [2.05, 4.69) is 58.0 Å². The molecule has 0 saturated carbocycles. The third kappa shape index (κ3) is 3.14. The van der Waals surface area contributed by atoms with E-state index in [0.717, 1.165) is 43.5 Å². The molecular formula is C17H25N9. The number of anilines is 1. The van der Waals surface area contributed by atoms with Gasteiger partial charge in [-0.3, -0.25) is 4.90 Å². The Morgan fingerprint density at radius 2 is 1.85 bits per heavy atom. The predicted molar refractivity (Wildman–Crippen MR) is 98.1 cm³/mol. The molecule has 26 heavy (non-hydrogen) atoms. The van der Waals surface area contributed by atoms with Crippen LogP contribution in [0.2, 0.25) is 0 Å². The Labute approximate surface area is 152 Å². The molecule has 1 aliphatic rings. The highest BCUT2D eigenvalue weighted by atomic mass is 15.5. The molecule has 9 heteroatoms. The number of rotatable bonds is 5. The molecule has 1 saturated heterocycles. The molecule has 4 rings (SSSR count). The molecule has 0 bridgehead atoms. The summed E-state index contributed by atoms with van der Waals surface area (Å²) >= 11 is 0. The Balaban J connectivity index is 1.40. The van der Waals surface area contributed by atoms with Crippen molar-refractivity contribution >= 4 is 11.5 Å². The maximum atomic E-state index is 4.78.